The summed E-state index contributed by atoms with van der Waals surface area (Å²) in [6.45, 7) is 2.43. The molecule has 4 heteroatoms. The van der Waals surface area contributed by atoms with E-state index in [4.69, 9.17) is 11.0 Å². The highest BCUT2D eigenvalue weighted by Gasteiger charge is 1.94. The minimum Gasteiger partial charge on any atom is -0.328 e. The molecular formula is C7H17NO3. The Morgan fingerprint density at radius 2 is 2.09 bits per heavy atom. The zero-order valence-corrected chi connectivity index (χ0v) is 6.95. The largest absolute Gasteiger partial charge is 0.328 e. The first-order chi connectivity index (χ1) is 5.27. The molecule has 0 heterocycles. The van der Waals surface area contributed by atoms with Crippen LogP contribution in [0.25, 0.3) is 0 Å². The Morgan fingerprint density at radius 1 is 1.36 bits per heavy atom. The van der Waals surface area contributed by atoms with Gasteiger partial charge in [-0.25, -0.2) is 10.1 Å². The molecule has 0 aliphatic heterocycles. The number of nitrogens with two attached hydrogens (primary N) is 1. The Balaban J connectivity index is 2.80. The monoisotopic (exact) mass is 163 g/mol. The van der Waals surface area contributed by atoms with E-state index in [0.717, 1.165) is 25.7 Å². The summed E-state index contributed by atoms with van der Waals surface area (Å²) < 4.78 is 0. The molecule has 11 heavy (non-hydrogen) atoms. The van der Waals surface area contributed by atoms with Crippen molar-refractivity contribution in [2.75, 3.05) is 6.61 Å². The van der Waals surface area contributed by atoms with Crippen LogP contribution in [0.1, 0.15) is 32.6 Å². The number of rotatable bonds is 7. The fourth-order valence-electron chi connectivity index (χ4n) is 0.841. The van der Waals surface area contributed by atoms with E-state index >= 15 is 0 Å². The zero-order chi connectivity index (χ0) is 8.53. The van der Waals surface area contributed by atoms with Crippen LogP contribution in [0.5, 0.6) is 0 Å². The molecule has 0 radical (unpaired) electrons. The van der Waals surface area contributed by atoms with Gasteiger partial charge in [-0.3, -0.25) is 0 Å². The Hall–Kier alpha value is -0.160. The van der Waals surface area contributed by atoms with Gasteiger partial charge >= 0.3 is 0 Å². The first kappa shape index (κ1) is 10.8. The minimum atomic E-state index is 0.282. The summed E-state index contributed by atoms with van der Waals surface area (Å²) in [4.78, 5) is 4.26. The van der Waals surface area contributed by atoms with E-state index in [-0.39, 0.29) is 6.04 Å². The standard InChI is InChI=1S/C7H17NO3/c1-7(8)5-3-2-4-6-10-11-9/h7,9H,2-6,8H2,1H3. The molecular weight excluding hydrogens is 146 g/mol. The highest BCUT2D eigenvalue weighted by molar-refractivity contribution is 4.52. The van der Waals surface area contributed by atoms with Crippen molar-refractivity contribution < 1.29 is 15.2 Å². The summed E-state index contributed by atoms with van der Waals surface area (Å²) in [5, 5.41) is 11.2. The summed E-state index contributed by atoms with van der Waals surface area (Å²) in [5.41, 5.74) is 5.54. The lowest BCUT2D eigenvalue weighted by molar-refractivity contribution is -0.490. The summed E-state index contributed by atoms with van der Waals surface area (Å²) >= 11 is 0. The van der Waals surface area contributed by atoms with Crippen LogP contribution >= 0.6 is 0 Å². The fraction of sp³-hybridized carbons (Fsp3) is 1.00. The van der Waals surface area contributed by atoms with Gasteiger partial charge in [-0.2, -0.15) is 0 Å². The van der Waals surface area contributed by atoms with Crippen LogP contribution in [0.2, 0.25) is 0 Å². The number of hydrogen-bond donors (Lipinski definition) is 2. The lowest BCUT2D eigenvalue weighted by atomic mass is 10.1. The Kier molecular flexibility index (Phi) is 7.83. The van der Waals surface area contributed by atoms with Crippen LogP contribution in [-0.4, -0.2) is 17.9 Å². The highest BCUT2D eigenvalue weighted by atomic mass is 17.5. The SMILES string of the molecule is CC(N)CCCCCOOO. The minimum absolute atomic E-state index is 0.282. The van der Waals surface area contributed by atoms with Crippen LogP contribution in [0.15, 0.2) is 0 Å². The second-order valence-corrected chi connectivity index (χ2v) is 2.72. The van der Waals surface area contributed by atoms with Crippen molar-refractivity contribution in [3.63, 3.8) is 0 Å². The van der Waals surface area contributed by atoms with E-state index in [1.54, 1.807) is 0 Å². The van der Waals surface area contributed by atoms with Gasteiger partial charge in [0.15, 0.2) is 0 Å². The van der Waals surface area contributed by atoms with Crippen LogP contribution < -0.4 is 5.73 Å². The Morgan fingerprint density at radius 3 is 2.64 bits per heavy atom. The summed E-state index contributed by atoms with van der Waals surface area (Å²) in [6.07, 6.45) is 4.10. The van der Waals surface area contributed by atoms with Crippen LogP contribution in [0, 0.1) is 0 Å². The van der Waals surface area contributed by atoms with E-state index in [1.165, 1.54) is 0 Å². The van der Waals surface area contributed by atoms with Crippen molar-refractivity contribution >= 4 is 0 Å². The number of hydrogen-bond acceptors (Lipinski definition) is 4. The van der Waals surface area contributed by atoms with Gasteiger partial charge < -0.3 is 5.73 Å². The molecule has 0 saturated carbocycles. The lowest BCUT2D eigenvalue weighted by Crippen LogP contribution is -2.13. The Bertz CT molecular complexity index is 78.1. The third-order valence-corrected chi connectivity index (χ3v) is 1.44. The summed E-state index contributed by atoms with van der Waals surface area (Å²) in [7, 11) is 0. The molecule has 0 amide bonds. The summed E-state index contributed by atoms with van der Waals surface area (Å²) in [6, 6.07) is 0.282. The van der Waals surface area contributed by atoms with Crippen molar-refractivity contribution in [2.24, 2.45) is 5.73 Å². The third-order valence-electron chi connectivity index (χ3n) is 1.44. The fourth-order valence-corrected chi connectivity index (χ4v) is 0.841. The van der Waals surface area contributed by atoms with E-state index in [1.807, 2.05) is 6.92 Å². The van der Waals surface area contributed by atoms with Crippen molar-refractivity contribution in [3.05, 3.63) is 0 Å². The van der Waals surface area contributed by atoms with Gasteiger partial charge in [0.05, 0.1) is 6.61 Å². The van der Waals surface area contributed by atoms with Crippen LogP contribution in [-0.2, 0) is 9.93 Å². The molecule has 0 rings (SSSR count). The van der Waals surface area contributed by atoms with E-state index < -0.39 is 0 Å². The van der Waals surface area contributed by atoms with Gasteiger partial charge in [0.25, 0.3) is 0 Å². The van der Waals surface area contributed by atoms with Gasteiger partial charge in [0.2, 0.25) is 0 Å². The quantitative estimate of drug-likeness (QED) is 0.337. The van der Waals surface area contributed by atoms with Gasteiger partial charge in [0.1, 0.15) is 0 Å². The average molecular weight is 163 g/mol. The zero-order valence-electron chi connectivity index (χ0n) is 6.95. The second-order valence-electron chi connectivity index (χ2n) is 2.72. The molecule has 0 saturated heterocycles. The van der Waals surface area contributed by atoms with Gasteiger partial charge in [-0.15, -0.1) is 0 Å². The van der Waals surface area contributed by atoms with E-state index in [9.17, 15) is 0 Å². The van der Waals surface area contributed by atoms with Crippen molar-refractivity contribution in [3.8, 4) is 0 Å². The molecule has 4 nitrogen and oxygen atoms in total. The molecule has 0 bridgehead atoms. The smallest absolute Gasteiger partial charge is 0.0853 e. The van der Waals surface area contributed by atoms with Crippen LogP contribution in [0.3, 0.4) is 0 Å². The van der Waals surface area contributed by atoms with Gasteiger partial charge in [-0.1, -0.05) is 17.9 Å². The first-order valence-corrected chi connectivity index (χ1v) is 3.96. The predicted molar refractivity (Wildman–Crippen MR) is 41.8 cm³/mol. The third kappa shape index (κ3) is 9.84. The lowest BCUT2D eigenvalue weighted by Gasteiger charge is -2.03. The maximum absolute atomic E-state index is 7.77. The maximum Gasteiger partial charge on any atom is 0.0853 e. The molecule has 0 aliphatic carbocycles. The normalized spacial score (nSPS) is 13.4. The molecule has 68 valence electrons. The molecule has 1 unspecified atom stereocenters. The molecule has 0 aromatic carbocycles. The van der Waals surface area contributed by atoms with Gasteiger partial charge in [0, 0.05) is 6.04 Å². The van der Waals surface area contributed by atoms with Gasteiger partial charge in [-0.05, 0) is 19.8 Å². The number of unbranched alkanes of at least 4 members (excludes halogenated alkanes) is 2. The maximum atomic E-state index is 7.77. The second kappa shape index (κ2) is 7.94. The van der Waals surface area contributed by atoms with Crippen LogP contribution in [0.4, 0.5) is 0 Å². The molecule has 0 fully saturated rings. The molecule has 1 atom stereocenters. The molecule has 0 aliphatic rings. The first-order valence-electron chi connectivity index (χ1n) is 3.96. The average Bonchev–Trinajstić information content (AvgIpc) is 1.96. The molecule has 0 aromatic heterocycles. The predicted octanol–water partition coefficient (Wildman–Crippen LogP) is 1.32. The van der Waals surface area contributed by atoms with Crippen molar-refractivity contribution in [1.82, 2.24) is 0 Å². The molecule has 0 aromatic rings. The molecule has 3 N–H and O–H groups in total. The van der Waals surface area contributed by atoms with E-state index in [0.29, 0.717) is 6.61 Å². The van der Waals surface area contributed by atoms with Crippen molar-refractivity contribution in [2.45, 2.75) is 38.6 Å². The van der Waals surface area contributed by atoms with E-state index in [2.05, 4.69) is 9.93 Å². The topological polar surface area (TPSA) is 64.7 Å². The highest BCUT2D eigenvalue weighted by Crippen LogP contribution is 2.01. The molecule has 0 spiro atoms. The Labute approximate surface area is 67.1 Å². The summed E-state index contributed by atoms with van der Waals surface area (Å²) in [5.74, 6) is 0. The van der Waals surface area contributed by atoms with Crippen molar-refractivity contribution in [1.29, 1.82) is 0 Å².